The molecule has 22 heavy (non-hydrogen) atoms. The molecule has 0 unspecified atom stereocenters. The summed E-state index contributed by atoms with van der Waals surface area (Å²) in [4.78, 5) is 11.9. The molecule has 5 rings (SSSR count). The fourth-order valence-corrected chi connectivity index (χ4v) is 5.23. The van der Waals surface area contributed by atoms with Crippen molar-refractivity contribution in [2.45, 2.75) is 77.3 Å². The molecule has 4 heterocycles. The first-order chi connectivity index (χ1) is 10.5. The lowest BCUT2D eigenvalue weighted by molar-refractivity contribution is -0.577. The average Bonchev–Trinajstić information content (AvgIpc) is 2.71. The topological polar surface area (TPSA) is 46.2 Å². The first kappa shape index (κ1) is 15.3. The molecule has 5 heteroatoms. The summed E-state index contributed by atoms with van der Waals surface area (Å²) >= 11 is 0. The van der Waals surface area contributed by atoms with Crippen LogP contribution in [0.5, 0.6) is 0 Å². The Morgan fingerprint density at radius 2 is 1.91 bits per heavy atom. The van der Waals surface area contributed by atoms with E-state index in [1.165, 1.54) is 6.42 Å². The lowest BCUT2D eigenvalue weighted by Gasteiger charge is -2.60. The lowest BCUT2D eigenvalue weighted by Crippen LogP contribution is -2.70. The summed E-state index contributed by atoms with van der Waals surface area (Å²) in [5.74, 6) is 0.957. The molecule has 0 aromatic heterocycles. The van der Waals surface area contributed by atoms with E-state index in [9.17, 15) is 0 Å². The van der Waals surface area contributed by atoms with Crippen LogP contribution in [-0.2, 0) is 24.0 Å². The van der Waals surface area contributed by atoms with E-state index >= 15 is 0 Å². The van der Waals surface area contributed by atoms with Crippen LogP contribution in [0.4, 0.5) is 0 Å². The average molecular weight is 312 g/mol. The maximum Gasteiger partial charge on any atom is 0.201 e. The second kappa shape index (κ2) is 5.15. The first-order valence-corrected chi connectivity index (χ1v) is 8.82. The van der Waals surface area contributed by atoms with E-state index in [1.54, 1.807) is 0 Å². The molecule has 5 nitrogen and oxygen atoms in total. The van der Waals surface area contributed by atoms with Gasteiger partial charge < -0.3 is 14.2 Å². The van der Waals surface area contributed by atoms with Gasteiger partial charge in [-0.15, -0.1) is 0 Å². The molecule has 4 aliphatic heterocycles. The Bertz CT molecular complexity index is 443. The molecule has 4 saturated heterocycles. The van der Waals surface area contributed by atoms with Crippen molar-refractivity contribution >= 4 is 0 Å². The SMILES string of the molecule is CCO[C@H]1O[C@@H]2O[C@]3(C)CC[C@H]4[C@H](C)CC[C@@H]([C@H]1C)[C@@]24OO3. The van der Waals surface area contributed by atoms with Gasteiger partial charge in [-0.1, -0.05) is 13.8 Å². The zero-order chi connectivity index (χ0) is 15.5. The summed E-state index contributed by atoms with van der Waals surface area (Å²) in [5.41, 5.74) is -0.472. The molecule has 2 bridgehead atoms. The highest BCUT2D eigenvalue weighted by Gasteiger charge is 2.69. The third-order valence-corrected chi connectivity index (χ3v) is 6.43. The van der Waals surface area contributed by atoms with E-state index in [1.807, 2.05) is 13.8 Å². The summed E-state index contributed by atoms with van der Waals surface area (Å²) in [5, 5.41) is 0. The zero-order valence-electron chi connectivity index (χ0n) is 14.0. The molecule has 1 aliphatic carbocycles. The molecule has 0 radical (unpaired) electrons. The molecule has 1 spiro atoms. The predicted octanol–water partition coefficient (Wildman–Crippen LogP) is 3.23. The number of fused-ring (bicyclic) bond motifs is 2. The Morgan fingerprint density at radius 3 is 2.68 bits per heavy atom. The quantitative estimate of drug-likeness (QED) is 0.733. The number of hydrogen-bond donors (Lipinski definition) is 0. The van der Waals surface area contributed by atoms with Crippen LogP contribution in [0.3, 0.4) is 0 Å². The fraction of sp³-hybridized carbons (Fsp3) is 1.00. The summed E-state index contributed by atoms with van der Waals surface area (Å²) in [7, 11) is 0. The molecular weight excluding hydrogens is 284 g/mol. The standard InChI is InChI=1S/C17H28O5/c1-5-18-14-11(3)13-7-6-10(2)12-8-9-16(4)20-15(19-14)17(12,13)22-21-16/h10-15H,5-9H2,1-4H3/t10-,11-,12+,13+,14+,15-,16+,17-/m1/s1. The maximum absolute atomic E-state index is 6.25. The first-order valence-electron chi connectivity index (χ1n) is 8.82. The minimum absolute atomic E-state index is 0.216. The van der Waals surface area contributed by atoms with E-state index in [-0.39, 0.29) is 18.5 Å². The molecule has 0 amide bonds. The van der Waals surface area contributed by atoms with Crippen molar-refractivity contribution in [2.24, 2.45) is 23.7 Å². The summed E-state index contributed by atoms with van der Waals surface area (Å²) in [6.45, 7) is 9.15. The Kier molecular flexibility index (Phi) is 3.59. The van der Waals surface area contributed by atoms with Crippen LogP contribution in [0, 0.1) is 23.7 Å². The number of rotatable bonds is 2. The second-order valence-corrected chi connectivity index (χ2v) is 7.73. The van der Waals surface area contributed by atoms with Crippen molar-refractivity contribution < 1.29 is 24.0 Å². The van der Waals surface area contributed by atoms with Crippen molar-refractivity contribution in [3.05, 3.63) is 0 Å². The van der Waals surface area contributed by atoms with Crippen molar-refractivity contribution in [3.63, 3.8) is 0 Å². The van der Waals surface area contributed by atoms with Gasteiger partial charge in [-0.25, -0.2) is 9.78 Å². The van der Waals surface area contributed by atoms with Gasteiger partial charge in [-0.2, -0.15) is 0 Å². The van der Waals surface area contributed by atoms with Crippen LogP contribution in [-0.4, -0.2) is 30.6 Å². The number of hydrogen-bond acceptors (Lipinski definition) is 5. The van der Waals surface area contributed by atoms with Gasteiger partial charge in [0.2, 0.25) is 5.79 Å². The Morgan fingerprint density at radius 1 is 1.09 bits per heavy atom. The highest BCUT2D eigenvalue weighted by atomic mass is 17.3. The van der Waals surface area contributed by atoms with Gasteiger partial charge in [0.05, 0.1) is 0 Å². The molecular formula is C17H28O5. The maximum atomic E-state index is 6.25. The van der Waals surface area contributed by atoms with Crippen LogP contribution in [0.25, 0.3) is 0 Å². The minimum atomic E-state index is -0.700. The number of ether oxygens (including phenoxy) is 3. The zero-order valence-corrected chi connectivity index (χ0v) is 14.0. The van der Waals surface area contributed by atoms with Gasteiger partial charge in [0.15, 0.2) is 18.2 Å². The minimum Gasteiger partial charge on any atom is -0.353 e. The molecule has 8 atom stereocenters. The molecule has 5 fully saturated rings. The van der Waals surface area contributed by atoms with Crippen LogP contribution in [0.15, 0.2) is 0 Å². The van der Waals surface area contributed by atoms with E-state index < -0.39 is 11.4 Å². The molecule has 1 saturated carbocycles. The van der Waals surface area contributed by atoms with Gasteiger partial charge in [0.25, 0.3) is 0 Å². The van der Waals surface area contributed by atoms with Crippen molar-refractivity contribution in [3.8, 4) is 0 Å². The monoisotopic (exact) mass is 312 g/mol. The third-order valence-electron chi connectivity index (χ3n) is 6.43. The summed E-state index contributed by atoms with van der Waals surface area (Å²) in [6.07, 6.45) is 3.66. The smallest absolute Gasteiger partial charge is 0.201 e. The summed E-state index contributed by atoms with van der Waals surface area (Å²) in [6, 6.07) is 0. The van der Waals surface area contributed by atoms with Crippen molar-refractivity contribution in [1.29, 1.82) is 0 Å². The van der Waals surface area contributed by atoms with Gasteiger partial charge >= 0.3 is 0 Å². The third kappa shape index (κ3) is 1.96. The van der Waals surface area contributed by atoms with Crippen molar-refractivity contribution in [1.82, 2.24) is 0 Å². The largest absolute Gasteiger partial charge is 0.353 e. The van der Waals surface area contributed by atoms with Gasteiger partial charge in [0.1, 0.15) is 0 Å². The summed E-state index contributed by atoms with van der Waals surface area (Å²) < 4.78 is 18.3. The Labute approximate surface area is 132 Å². The van der Waals surface area contributed by atoms with Crippen LogP contribution in [0.1, 0.15) is 53.4 Å². The van der Waals surface area contributed by atoms with E-state index in [0.29, 0.717) is 24.4 Å². The van der Waals surface area contributed by atoms with Gasteiger partial charge in [0, 0.05) is 24.9 Å². The molecule has 5 aliphatic rings. The van der Waals surface area contributed by atoms with Crippen LogP contribution in [0.2, 0.25) is 0 Å². The van der Waals surface area contributed by atoms with E-state index in [0.717, 1.165) is 19.3 Å². The lowest BCUT2D eigenvalue weighted by atomic mass is 9.58. The van der Waals surface area contributed by atoms with Gasteiger partial charge in [-0.05, 0) is 44.9 Å². The van der Waals surface area contributed by atoms with Crippen LogP contribution >= 0.6 is 0 Å². The molecule has 0 aromatic rings. The highest BCUT2D eigenvalue weighted by molar-refractivity contribution is 5.09. The van der Waals surface area contributed by atoms with E-state index in [2.05, 4.69) is 13.8 Å². The Balaban J connectivity index is 1.75. The highest BCUT2D eigenvalue weighted by Crippen LogP contribution is 2.60. The van der Waals surface area contributed by atoms with Crippen LogP contribution < -0.4 is 0 Å². The Hall–Kier alpha value is -0.200. The predicted molar refractivity (Wildman–Crippen MR) is 78.5 cm³/mol. The van der Waals surface area contributed by atoms with Crippen molar-refractivity contribution in [2.75, 3.05) is 6.61 Å². The van der Waals surface area contributed by atoms with E-state index in [4.69, 9.17) is 24.0 Å². The second-order valence-electron chi connectivity index (χ2n) is 7.73. The normalized spacial score (nSPS) is 57.3. The molecule has 126 valence electrons. The molecule has 0 aromatic carbocycles. The molecule has 0 N–H and O–H groups in total. The van der Waals surface area contributed by atoms with Gasteiger partial charge in [-0.3, -0.25) is 0 Å². The fourth-order valence-electron chi connectivity index (χ4n) is 5.23.